The van der Waals surface area contributed by atoms with E-state index in [1.165, 1.54) is 0 Å². The Hall–Kier alpha value is -0.130. The van der Waals surface area contributed by atoms with Crippen molar-refractivity contribution in [1.29, 1.82) is 0 Å². The number of hydrogen-bond donors (Lipinski definition) is 1. The third kappa shape index (κ3) is 4.95. The van der Waals surface area contributed by atoms with Crippen molar-refractivity contribution in [1.82, 2.24) is 4.90 Å². The molecule has 1 aliphatic rings. The molecule has 0 aromatic carbocycles. The van der Waals surface area contributed by atoms with Crippen molar-refractivity contribution in [3.05, 3.63) is 0 Å². The van der Waals surface area contributed by atoms with Gasteiger partial charge >= 0.3 is 0 Å². The lowest BCUT2D eigenvalue weighted by Gasteiger charge is -2.20. The monoisotopic (exact) mass is 235 g/mol. The summed E-state index contributed by atoms with van der Waals surface area (Å²) >= 11 is 0. The first-order chi connectivity index (χ1) is 7.09. The van der Waals surface area contributed by atoms with Crippen LogP contribution in [0.25, 0.3) is 0 Å². The van der Waals surface area contributed by atoms with Gasteiger partial charge in [-0.1, -0.05) is 6.92 Å². The highest BCUT2D eigenvalue weighted by atomic mass is 32.2. The van der Waals surface area contributed by atoms with Gasteiger partial charge < -0.3 is 5.11 Å². The summed E-state index contributed by atoms with van der Waals surface area (Å²) in [7, 11) is -2.87. The number of aliphatic hydroxyl groups excluding tert-OH is 1. The molecule has 0 radical (unpaired) electrons. The van der Waals surface area contributed by atoms with Crippen molar-refractivity contribution in [2.24, 2.45) is 0 Å². The molecule has 0 heterocycles. The largest absolute Gasteiger partial charge is 0.395 e. The van der Waals surface area contributed by atoms with Gasteiger partial charge in [0.05, 0.1) is 12.4 Å². The molecule has 5 heteroatoms. The van der Waals surface area contributed by atoms with Crippen LogP contribution in [-0.4, -0.2) is 55.7 Å². The molecule has 90 valence electrons. The van der Waals surface area contributed by atoms with E-state index in [0.29, 0.717) is 25.6 Å². The van der Waals surface area contributed by atoms with Crippen molar-refractivity contribution in [2.45, 2.75) is 32.2 Å². The van der Waals surface area contributed by atoms with E-state index >= 15 is 0 Å². The fraction of sp³-hybridized carbons (Fsp3) is 1.00. The smallest absolute Gasteiger partial charge is 0.151 e. The molecule has 15 heavy (non-hydrogen) atoms. The Labute approximate surface area is 92.2 Å². The van der Waals surface area contributed by atoms with Crippen molar-refractivity contribution >= 4 is 9.84 Å². The first kappa shape index (κ1) is 12.9. The van der Waals surface area contributed by atoms with Crippen LogP contribution in [0.15, 0.2) is 0 Å². The highest BCUT2D eigenvalue weighted by Crippen LogP contribution is 2.26. The second kappa shape index (κ2) is 5.82. The minimum absolute atomic E-state index is 0.115. The Morgan fingerprint density at radius 3 is 2.40 bits per heavy atom. The predicted octanol–water partition coefficient (Wildman–Crippen LogP) is 0.268. The number of hydrogen-bond acceptors (Lipinski definition) is 4. The Morgan fingerprint density at radius 2 is 1.93 bits per heavy atom. The summed E-state index contributed by atoms with van der Waals surface area (Å²) in [5, 5.41) is 8.86. The third-order valence-corrected chi connectivity index (χ3v) is 4.49. The van der Waals surface area contributed by atoms with Crippen LogP contribution in [0.2, 0.25) is 0 Å². The summed E-state index contributed by atoms with van der Waals surface area (Å²) in [5.74, 6) is 0.516. The molecule has 1 saturated carbocycles. The van der Waals surface area contributed by atoms with Crippen molar-refractivity contribution in [3.63, 3.8) is 0 Å². The molecule has 1 rings (SSSR count). The van der Waals surface area contributed by atoms with Gasteiger partial charge in [0.25, 0.3) is 0 Å². The minimum Gasteiger partial charge on any atom is -0.395 e. The Balaban J connectivity index is 2.32. The van der Waals surface area contributed by atoms with Gasteiger partial charge in [0.2, 0.25) is 0 Å². The zero-order valence-corrected chi connectivity index (χ0v) is 10.2. The molecule has 0 unspecified atom stereocenters. The SMILES string of the molecule is CCCS(=O)(=O)CCN(CCO)C1CC1. The van der Waals surface area contributed by atoms with E-state index in [1.54, 1.807) is 0 Å². The highest BCUT2D eigenvalue weighted by molar-refractivity contribution is 7.91. The van der Waals surface area contributed by atoms with E-state index in [4.69, 9.17) is 5.11 Å². The highest BCUT2D eigenvalue weighted by Gasteiger charge is 2.29. The van der Waals surface area contributed by atoms with Gasteiger partial charge in [0, 0.05) is 24.9 Å². The number of aliphatic hydroxyl groups is 1. The molecule has 0 spiro atoms. The first-order valence-electron chi connectivity index (χ1n) is 5.64. The van der Waals surface area contributed by atoms with Crippen LogP contribution in [0, 0.1) is 0 Å². The maximum Gasteiger partial charge on any atom is 0.151 e. The quantitative estimate of drug-likeness (QED) is 0.656. The van der Waals surface area contributed by atoms with E-state index in [9.17, 15) is 8.42 Å². The molecule has 0 atom stereocenters. The number of sulfone groups is 1. The van der Waals surface area contributed by atoms with Gasteiger partial charge in [-0.25, -0.2) is 8.42 Å². The molecule has 0 aromatic rings. The Bertz CT molecular complexity index is 272. The molecule has 4 nitrogen and oxygen atoms in total. The standard InChI is InChI=1S/C10H21NO3S/c1-2-8-15(13,14)9-6-11(5-7-12)10-3-4-10/h10,12H,2-9H2,1H3. The van der Waals surface area contributed by atoms with Crippen LogP contribution in [0.1, 0.15) is 26.2 Å². The normalized spacial score (nSPS) is 17.3. The summed E-state index contributed by atoms with van der Waals surface area (Å²) in [6.45, 7) is 3.17. The second-order valence-electron chi connectivity index (χ2n) is 4.14. The van der Waals surface area contributed by atoms with Crippen molar-refractivity contribution in [2.75, 3.05) is 31.2 Å². The van der Waals surface area contributed by atoms with Gasteiger partial charge in [0.15, 0.2) is 9.84 Å². The lowest BCUT2D eigenvalue weighted by atomic mass is 10.4. The van der Waals surface area contributed by atoms with E-state index in [0.717, 1.165) is 12.8 Å². The average Bonchev–Trinajstić information content (AvgIpc) is 2.95. The number of nitrogens with zero attached hydrogens (tertiary/aromatic N) is 1. The molecule has 0 amide bonds. The van der Waals surface area contributed by atoms with E-state index in [-0.39, 0.29) is 18.1 Å². The van der Waals surface area contributed by atoms with Crippen LogP contribution < -0.4 is 0 Å². The van der Waals surface area contributed by atoms with Crippen LogP contribution in [-0.2, 0) is 9.84 Å². The molecule has 0 aliphatic heterocycles. The fourth-order valence-electron chi connectivity index (χ4n) is 1.71. The summed E-state index contributed by atoms with van der Waals surface area (Å²) < 4.78 is 23.0. The molecule has 0 saturated heterocycles. The molecule has 1 fully saturated rings. The van der Waals surface area contributed by atoms with E-state index < -0.39 is 9.84 Å². The second-order valence-corrected chi connectivity index (χ2v) is 6.45. The lowest BCUT2D eigenvalue weighted by Crippen LogP contribution is -2.34. The molecule has 1 N–H and O–H groups in total. The van der Waals surface area contributed by atoms with Crippen LogP contribution in [0.4, 0.5) is 0 Å². The van der Waals surface area contributed by atoms with Crippen molar-refractivity contribution < 1.29 is 13.5 Å². The number of rotatable bonds is 8. The zero-order valence-electron chi connectivity index (χ0n) is 9.35. The molecule has 1 aliphatic carbocycles. The van der Waals surface area contributed by atoms with E-state index in [2.05, 4.69) is 4.90 Å². The minimum atomic E-state index is -2.87. The maximum atomic E-state index is 11.5. The van der Waals surface area contributed by atoms with Gasteiger partial charge in [-0.2, -0.15) is 0 Å². The van der Waals surface area contributed by atoms with Crippen LogP contribution >= 0.6 is 0 Å². The summed E-state index contributed by atoms with van der Waals surface area (Å²) in [6, 6.07) is 0.522. The molecule has 0 aromatic heterocycles. The topological polar surface area (TPSA) is 57.6 Å². The van der Waals surface area contributed by atoms with Gasteiger partial charge in [-0.15, -0.1) is 0 Å². The van der Waals surface area contributed by atoms with E-state index in [1.807, 2.05) is 6.92 Å². The molecular formula is C10H21NO3S. The summed E-state index contributed by atoms with van der Waals surface area (Å²) in [6.07, 6.45) is 2.98. The fourth-order valence-corrected chi connectivity index (χ4v) is 3.05. The van der Waals surface area contributed by atoms with Gasteiger partial charge in [0.1, 0.15) is 0 Å². The van der Waals surface area contributed by atoms with Crippen LogP contribution in [0.3, 0.4) is 0 Å². The predicted molar refractivity (Wildman–Crippen MR) is 60.6 cm³/mol. The van der Waals surface area contributed by atoms with Gasteiger partial charge in [-0.3, -0.25) is 4.90 Å². The maximum absolute atomic E-state index is 11.5. The lowest BCUT2D eigenvalue weighted by molar-refractivity contribution is 0.196. The zero-order chi connectivity index (χ0) is 11.3. The first-order valence-corrected chi connectivity index (χ1v) is 7.46. The average molecular weight is 235 g/mol. The summed E-state index contributed by atoms with van der Waals surface area (Å²) in [5.41, 5.74) is 0. The molecule has 0 bridgehead atoms. The van der Waals surface area contributed by atoms with Gasteiger partial charge in [-0.05, 0) is 19.3 Å². The van der Waals surface area contributed by atoms with Crippen molar-refractivity contribution in [3.8, 4) is 0 Å². The Kier molecular flexibility index (Phi) is 5.02. The Morgan fingerprint density at radius 1 is 1.27 bits per heavy atom. The third-order valence-electron chi connectivity index (χ3n) is 2.66. The summed E-state index contributed by atoms with van der Waals surface area (Å²) in [4.78, 5) is 2.09. The van der Waals surface area contributed by atoms with Crippen LogP contribution in [0.5, 0.6) is 0 Å². The molecular weight excluding hydrogens is 214 g/mol.